The Morgan fingerprint density at radius 1 is 0.967 bits per heavy atom. The molecule has 2 aromatic carbocycles. The number of nitrogens with one attached hydrogen (secondary N) is 3. The van der Waals surface area contributed by atoms with Crippen LogP contribution in [0.5, 0.6) is 0 Å². The van der Waals surface area contributed by atoms with Crippen LogP contribution in [0.4, 0.5) is 11.4 Å². The van der Waals surface area contributed by atoms with Crippen molar-refractivity contribution in [2.24, 2.45) is 0 Å². The fourth-order valence-electron chi connectivity index (χ4n) is 2.36. The molecule has 3 N–H and O–H groups in total. The van der Waals surface area contributed by atoms with Crippen molar-refractivity contribution in [1.82, 2.24) is 5.32 Å². The largest absolute Gasteiger partial charge is 0.332 e. The third kappa shape index (κ3) is 6.40. The topological polar surface area (TPSA) is 70.2 Å². The molecule has 9 heteroatoms. The zero-order chi connectivity index (χ0) is 21.5. The molecular weight excluding hydrogens is 461 g/mol. The van der Waals surface area contributed by atoms with Crippen molar-refractivity contribution in [2.75, 3.05) is 10.6 Å². The van der Waals surface area contributed by atoms with Gasteiger partial charge in [-0.15, -0.1) is 11.3 Å². The van der Waals surface area contributed by atoms with Crippen LogP contribution in [0.1, 0.15) is 15.2 Å². The van der Waals surface area contributed by atoms with E-state index in [1.54, 1.807) is 54.6 Å². The minimum absolute atomic E-state index is 0.141. The monoisotopic (exact) mass is 475 g/mol. The Balaban J connectivity index is 1.51. The molecule has 0 aliphatic heterocycles. The van der Waals surface area contributed by atoms with E-state index in [1.165, 1.54) is 17.4 Å². The van der Waals surface area contributed by atoms with E-state index in [2.05, 4.69) is 16.0 Å². The van der Waals surface area contributed by atoms with Crippen molar-refractivity contribution in [3.05, 3.63) is 86.5 Å². The van der Waals surface area contributed by atoms with Gasteiger partial charge in [-0.05, 0) is 71.7 Å². The molecule has 3 aromatic rings. The van der Waals surface area contributed by atoms with Gasteiger partial charge in [0.25, 0.3) is 5.91 Å². The summed E-state index contributed by atoms with van der Waals surface area (Å²) in [5, 5.41) is 11.2. The molecule has 0 unspecified atom stereocenters. The van der Waals surface area contributed by atoms with E-state index in [-0.39, 0.29) is 11.0 Å². The number of anilines is 2. The molecule has 0 saturated heterocycles. The van der Waals surface area contributed by atoms with Crippen LogP contribution in [-0.2, 0) is 4.79 Å². The van der Waals surface area contributed by atoms with Crippen molar-refractivity contribution < 1.29 is 9.59 Å². The van der Waals surface area contributed by atoms with Gasteiger partial charge < -0.3 is 10.6 Å². The Hall–Kier alpha value is -2.71. The van der Waals surface area contributed by atoms with E-state index in [0.29, 0.717) is 31.9 Å². The molecule has 0 aliphatic carbocycles. The number of carbonyl (C=O) groups excluding carboxylic acids is 2. The number of halogens is 2. The molecule has 0 spiro atoms. The van der Waals surface area contributed by atoms with Gasteiger partial charge in [0.1, 0.15) is 0 Å². The number of amides is 2. The SMILES string of the molecule is O=C(/C=C/c1ccc(Cl)cc1Cl)NC(=S)Nc1ccc(NC(=O)c2cccs2)cc1. The summed E-state index contributed by atoms with van der Waals surface area (Å²) in [5.74, 6) is -0.570. The van der Waals surface area contributed by atoms with Crippen molar-refractivity contribution >= 4 is 81.1 Å². The highest BCUT2D eigenvalue weighted by Crippen LogP contribution is 2.22. The van der Waals surface area contributed by atoms with Crippen LogP contribution in [0.2, 0.25) is 10.0 Å². The fraction of sp³-hybridized carbons (Fsp3) is 0. The van der Waals surface area contributed by atoms with Crippen LogP contribution in [-0.4, -0.2) is 16.9 Å². The summed E-state index contributed by atoms with van der Waals surface area (Å²) in [6, 6.07) is 15.5. The summed E-state index contributed by atoms with van der Waals surface area (Å²) in [4.78, 5) is 24.7. The molecule has 0 atom stereocenters. The number of hydrogen-bond acceptors (Lipinski definition) is 4. The van der Waals surface area contributed by atoms with Crippen molar-refractivity contribution in [2.45, 2.75) is 0 Å². The van der Waals surface area contributed by atoms with Gasteiger partial charge in [-0.2, -0.15) is 0 Å². The summed E-state index contributed by atoms with van der Waals surface area (Å²) >= 11 is 18.4. The zero-order valence-electron chi connectivity index (χ0n) is 15.3. The van der Waals surface area contributed by atoms with Crippen LogP contribution in [0, 0.1) is 0 Å². The highest BCUT2D eigenvalue weighted by molar-refractivity contribution is 7.80. The van der Waals surface area contributed by atoms with Crippen LogP contribution >= 0.6 is 46.8 Å². The molecule has 152 valence electrons. The fourth-order valence-corrected chi connectivity index (χ4v) is 3.66. The molecule has 1 heterocycles. The quantitative estimate of drug-likeness (QED) is 0.320. The molecule has 30 heavy (non-hydrogen) atoms. The second-order valence-electron chi connectivity index (χ2n) is 5.95. The third-order valence-electron chi connectivity index (χ3n) is 3.76. The lowest BCUT2D eigenvalue weighted by Crippen LogP contribution is -2.32. The number of rotatable bonds is 5. The standard InChI is InChI=1S/C21H15Cl2N3O2S2/c22-14-5-3-13(17(23)12-14)4-10-19(27)26-21(29)25-16-8-6-15(7-9-16)24-20(28)18-2-1-11-30-18/h1-12H,(H,24,28)(H2,25,26,27,29)/b10-4+. The minimum atomic E-state index is -0.404. The Labute approximate surface area is 192 Å². The predicted molar refractivity (Wildman–Crippen MR) is 129 cm³/mol. The van der Waals surface area contributed by atoms with Crippen molar-refractivity contribution in [3.63, 3.8) is 0 Å². The van der Waals surface area contributed by atoms with Gasteiger partial charge in [-0.25, -0.2) is 0 Å². The van der Waals surface area contributed by atoms with Gasteiger partial charge >= 0.3 is 0 Å². The summed E-state index contributed by atoms with van der Waals surface area (Å²) in [5.41, 5.74) is 1.98. The molecule has 0 fully saturated rings. The van der Waals surface area contributed by atoms with Gasteiger partial charge in [0.05, 0.1) is 4.88 Å². The lowest BCUT2D eigenvalue weighted by molar-refractivity contribution is -0.115. The minimum Gasteiger partial charge on any atom is -0.332 e. The highest BCUT2D eigenvalue weighted by Gasteiger charge is 2.07. The van der Waals surface area contributed by atoms with Crippen LogP contribution in [0.15, 0.2) is 66.1 Å². The molecule has 2 amide bonds. The molecule has 0 bridgehead atoms. The maximum atomic E-state index is 12.1. The second kappa shape index (κ2) is 10.4. The predicted octanol–water partition coefficient (Wildman–Crippen LogP) is 5.83. The highest BCUT2D eigenvalue weighted by atomic mass is 35.5. The Bertz CT molecular complexity index is 1100. The normalized spacial score (nSPS) is 10.6. The lowest BCUT2D eigenvalue weighted by Gasteiger charge is -2.09. The molecule has 5 nitrogen and oxygen atoms in total. The summed E-state index contributed by atoms with van der Waals surface area (Å²) < 4.78 is 0. The Kier molecular flexibility index (Phi) is 7.59. The molecular formula is C21H15Cl2N3O2S2. The Morgan fingerprint density at radius 3 is 2.30 bits per heavy atom. The van der Waals surface area contributed by atoms with E-state index in [0.717, 1.165) is 0 Å². The maximum absolute atomic E-state index is 12.1. The summed E-state index contributed by atoms with van der Waals surface area (Å²) in [6.07, 6.45) is 2.90. The van der Waals surface area contributed by atoms with Crippen LogP contribution in [0.25, 0.3) is 6.08 Å². The van der Waals surface area contributed by atoms with Crippen molar-refractivity contribution in [3.8, 4) is 0 Å². The van der Waals surface area contributed by atoms with Gasteiger partial charge in [0.15, 0.2) is 5.11 Å². The number of thiophene rings is 1. The van der Waals surface area contributed by atoms with Crippen LogP contribution < -0.4 is 16.0 Å². The average Bonchev–Trinajstić information content (AvgIpc) is 3.24. The van der Waals surface area contributed by atoms with Gasteiger partial charge in [0.2, 0.25) is 5.91 Å². The number of benzene rings is 2. The first-order chi connectivity index (χ1) is 14.4. The summed E-state index contributed by atoms with van der Waals surface area (Å²) in [7, 11) is 0. The van der Waals surface area contributed by atoms with E-state index in [1.807, 2.05) is 11.4 Å². The van der Waals surface area contributed by atoms with E-state index >= 15 is 0 Å². The van der Waals surface area contributed by atoms with Gasteiger partial charge in [-0.1, -0.05) is 35.3 Å². The number of thiocarbonyl (C=S) groups is 1. The Morgan fingerprint density at radius 2 is 1.67 bits per heavy atom. The first-order valence-electron chi connectivity index (χ1n) is 8.61. The maximum Gasteiger partial charge on any atom is 0.265 e. The van der Waals surface area contributed by atoms with Gasteiger partial charge in [-0.3, -0.25) is 14.9 Å². The van der Waals surface area contributed by atoms with E-state index < -0.39 is 5.91 Å². The first kappa shape index (κ1) is 22.0. The van der Waals surface area contributed by atoms with Crippen molar-refractivity contribution in [1.29, 1.82) is 0 Å². The second-order valence-corrected chi connectivity index (χ2v) is 8.15. The summed E-state index contributed by atoms with van der Waals surface area (Å²) in [6.45, 7) is 0. The number of carbonyl (C=O) groups is 2. The van der Waals surface area contributed by atoms with E-state index in [4.69, 9.17) is 35.4 Å². The lowest BCUT2D eigenvalue weighted by atomic mass is 10.2. The zero-order valence-corrected chi connectivity index (χ0v) is 18.5. The van der Waals surface area contributed by atoms with Crippen LogP contribution in [0.3, 0.4) is 0 Å². The number of hydrogen-bond donors (Lipinski definition) is 3. The molecule has 0 aliphatic rings. The van der Waals surface area contributed by atoms with E-state index in [9.17, 15) is 9.59 Å². The molecule has 1 aromatic heterocycles. The first-order valence-corrected chi connectivity index (χ1v) is 10.6. The molecule has 0 radical (unpaired) electrons. The van der Waals surface area contributed by atoms with Gasteiger partial charge in [0, 0.05) is 27.5 Å². The third-order valence-corrected chi connectivity index (χ3v) is 5.39. The average molecular weight is 476 g/mol. The molecule has 0 saturated carbocycles. The molecule has 3 rings (SSSR count). The smallest absolute Gasteiger partial charge is 0.265 e.